The second-order valence-corrected chi connectivity index (χ2v) is 9.75. The molecule has 1 aromatic rings. The highest BCUT2D eigenvalue weighted by atomic mass is 32.2. The molecule has 1 atom stereocenters. The predicted octanol–water partition coefficient (Wildman–Crippen LogP) is 2.65. The predicted molar refractivity (Wildman–Crippen MR) is 87.0 cm³/mol. The quantitative estimate of drug-likeness (QED) is 0.926. The fourth-order valence-corrected chi connectivity index (χ4v) is 5.04. The maximum Gasteiger partial charge on any atom is 0.243 e. The summed E-state index contributed by atoms with van der Waals surface area (Å²) in [5, 5.41) is 9.63. The van der Waals surface area contributed by atoms with E-state index >= 15 is 0 Å². The van der Waals surface area contributed by atoms with Crippen LogP contribution in [0.1, 0.15) is 38.9 Å². The molecule has 1 N–H and O–H groups in total. The van der Waals surface area contributed by atoms with Crippen molar-refractivity contribution in [3.63, 3.8) is 0 Å². The minimum atomic E-state index is -3.48. The highest BCUT2D eigenvalue weighted by Crippen LogP contribution is 2.32. The van der Waals surface area contributed by atoms with Gasteiger partial charge >= 0.3 is 0 Å². The maximum absolute atomic E-state index is 12.8. The third-order valence-electron chi connectivity index (χ3n) is 3.78. The number of nitrogens with zero attached hydrogens (tertiary/aromatic N) is 1. The first-order valence-electron chi connectivity index (χ1n) is 7.14. The minimum Gasteiger partial charge on any atom is -0.389 e. The number of hydrogen-bond acceptors (Lipinski definition) is 4. The SMILES string of the molecule is CC(O)c1cccc(S(=O)(=O)N2CCSC(C)(C)CC2)c1. The Labute approximate surface area is 131 Å². The molecule has 1 aliphatic heterocycles. The van der Waals surface area contributed by atoms with Crippen LogP contribution in [0.4, 0.5) is 0 Å². The van der Waals surface area contributed by atoms with Crippen LogP contribution in [0.15, 0.2) is 29.2 Å². The van der Waals surface area contributed by atoms with Gasteiger partial charge in [0.1, 0.15) is 0 Å². The van der Waals surface area contributed by atoms with Crippen molar-refractivity contribution >= 4 is 21.8 Å². The molecule has 21 heavy (non-hydrogen) atoms. The van der Waals surface area contributed by atoms with Gasteiger partial charge in [0.25, 0.3) is 0 Å². The standard InChI is InChI=1S/C15H23NO3S2/c1-12(17)13-5-4-6-14(11-13)21(18,19)16-8-7-15(2,3)20-10-9-16/h4-6,11-12,17H,7-10H2,1-3H3. The summed E-state index contributed by atoms with van der Waals surface area (Å²) >= 11 is 1.82. The number of aliphatic hydroxyl groups excluding tert-OH is 1. The van der Waals surface area contributed by atoms with E-state index in [0.29, 0.717) is 18.7 Å². The summed E-state index contributed by atoms with van der Waals surface area (Å²) in [5.41, 5.74) is 0.626. The summed E-state index contributed by atoms with van der Waals surface area (Å²) in [5.74, 6) is 0.808. The molecule has 1 saturated heterocycles. The number of rotatable bonds is 3. The molecule has 1 fully saturated rings. The Morgan fingerprint density at radius 3 is 2.71 bits per heavy atom. The lowest BCUT2D eigenvalue weighted by Gasteiger charge is -2.22. The number of aliphatic hydroxyl groups is 1. The molecule has 118 valence electrons. The number of hydrogen-bond donors (Lipinski definition) is 1. The van der Waals surface area contributed by atoms with Crippen LogP contribution in [-0.4, -0.2) is 41.4 Å². The van der Waals surface area contributed by atoms with Gasteiger partial charge in [0, 0.05) is 23.6 Å². The monoisotopic (exact) mass is 329 g/mol. The maximum atomic E-state index is 12.8. The van der Waals surface area contributed by atoms with Crippen LogP contribution >= 0.6 is 11.8 Å². The molecule has 0 saturated carbocycles. The molecular formula is C15H23NO3S2. The molecule has 1 unspecified atom stereocenters. The first kappa shape index (κ1) is 16.8. The van der Waals surface area contributed by atoms with Crippen molar-refractivity contribution < 1.29 is 13.5 Å². The molecule has 0 radical (unpaired) electrons. The molecule has 6 heteroatoms. The van der Waals surface area contributed by atoms with E-state index in [1.54, 1.807) is 35.5 Å². The summed E-state index contributed by atoms with van der Waals surface area (Å²) < 4.78 is 27.2. The third-order valence-corrected chi connectivity index (χ3v) is 7.04. The summed E-state index contributed by atoms with van der Waals surface area (Å²) in [6.45, 7) is 7.02. The largest absolute Gasteiger partial charge is 0.389 e. The lowest BCUT2D eigenvalue weighted by atomic mass is 10.1. The zero-order chi connectivity index (χ0) is 15.7. The van der Waals surface area contributed by atoms with Crippen LogP contribution in [0.5, 0.6) is 0 Å². The Morgan fingerprint density at radius 2 is 2.05 bits per heavy atom. The van der Waals surface area contributed by atoms with Gasteiger partial charge in [-0.2, -0.15) is 16.1 Å². The highest BCUT2D eigenvalue weighted by molar-refractivity contribution is 8.00. The molecule has 1 aliphatic rings. The van der Waals surface area contributed by atoms with E-state index in [-0.39, 0.29) is 9.64 Å². The molecule has 0 spiro atoms. The minimum absolute atomic E-state index is 0.117. The van der Waals surface area contributed by atoms with Crippen LogP contribution in [0.3, 0.4) is 0 Å². The molecule has 1 aromatic carbocycles. The van der Waals surface area contributed by atoms with Gasteiger partial charge in [0.15, 0.2) is 0 Å². The van der Waals surface area contributed by atoms with Gasteiger partial charge in [-0.3, -0.25) is 0 Å². The first-order chi connectivity index (χ1) is 9.72. The Kier molecular flexibility index (Phi) is 5.03. The van der Waals surface area contributed by atoms with Gasteiger partial charge < -0.3 is 5.11 Å². The smallest absolute Gasteiger partial charge is 0.243 e. The molecular weight excluding hydrogens is 306 g/mol. The lowest BCUT2D eigenvalue weighted by Crippen LogP contribution is -2.33. The highest BCUT2D eigenvalue weighted by Gasteiger charge is 2.30. The van der Waals surface area contributed by atoms with Crippen molar-refractivity contribution in [1.29, 1.82) is 0 Å². The molecule has 2 rings (SSSR count). The normalized spacial score (nSPS) is 21.7. The second-order valence-electron chi connectivity index (χ2n) is 6.01. The van der Waals surface area contributed by atoms with E-state index < -0.39 is 16.1 Å². The number of sulfonamides is 1. The second kappa shape index (κ2) is 6.28. The average molecular weight is 329 g/mol. The number of benzene rings is 1. The lowest BCUT2D eigenvalue weighted by molar-refractivity contribution is 0.199. The summed E-state index contributed by atoms with van der Waals surface area (Å²) in [6.07, 6.45) is 0.172. The fraction of sp³-hybridized carbons (Fsp3) is 0.600. The van der Waals surface area contributed by atoms with Crippen LogP contribution in [0.2, 0.25) is 0 Å². The zero-order valence-electron chi connectivity index (χ0n) is 12.7. The molecule has 4 nitrogen and oxygen atoms in total. The topological polar surface area (TPSA) is 57.6 Å². The van der Waals surface area contributed by atoms with Gasteiger partial charge in [-0.1, -0.05) is 26.0 Å². The van der Waals surface area contributed by atoms with Crippen molar-refractivity contribution in [3.8, 4) is 0 Å². The Hall–Kier alpha value is -0.560. The van der Waals surface area contributed by atoms with Gasteiger partial charge in [0.2, 0.25) is 10.0 Å². The van der Waals surface area contributed by atoms with Crippen LogP contribution in [-0.2, 0) is 10.0 Å². The van der Waals surface area contributed by atoms with E-state index in [1.165, 1.54) is 0 Å². The third kappa shape index (κ3) is 4.00. The van der Waals surface area contributed by atoms with E-state index in [1.807, 2.05) is 11.8 Å². The average Bonchev–Trinajstić information content (AvgIpc) is 2.60. The molecule has 0 aliphatic carbocycles. The van der Waals surface area contributed by atoms with Gasteiger partial charge in [-0.15, -0.1) is 0 Å². The molecule has 0 aromatic heterocycles. The van der Waals surface area contributed by atoms with E-state index in [9.17, 15) is 13.5 Å². The fourth-order valence-electron chi connectivity index (χ4n) is 2.33. The van der Waals surface area contributed by atoms with E-state index in [0.717, 1.165) is 12.2 Å². The van der Waals surface area contributed by atoms with Crippen molar-refractivity contribution in [2.24, 2.45) is 0 Å². The number of thioether (sulfide) groups is 1. The zero-order valence-corrected chi connectivity index (χ0v) is 14.4. The Bertz CT molecular complexity index is 597. The summed E-state index contributed by atoms with van der Waals surface area (Å²) in [7, 11) is -3.48. The van der Waals surface area contributed by atoms with E-state index in [2.05, 4.69) is 13.8 Å². The molecule has 0 amide bonds. The van der Waals surface area contributed by atoms with Gasteiger partial charge in [0.05, 0.1) is 11.0 Å². The van der Waals surface area contributed by atoms with Crippen molar-refractivity contribution in [2.45, 2.75) is 42.9 Å². The summed E-state index contributed by atoms with van der Waals surface area (Å²) in [6, 6.07) is 6.60. The van der Waals surface area contributed by atoms with Crippen LogP contribution in [0, 0.1) is 0 Å². The van der Waals surface area contributed by atoms with Crippen molar-refractivity contribution in [2.75, 3.05) is 18.8 Å². The Morgan fingerprint density at radius 1 is 1.33 bits per heavy atom. The summed E-state index contributed by atoms with van der Waals surface area (Å²) in [4.78, 5) is 0.269. The van der Waals surface area contributed by atoms with E-state index in [4.69, 9.17) is 0 Å². The molecule has 1 heterocycles. The Balaban J connectivity index is 2.27. The van der Waals surface area contributed by atoms with Gasteiger partial charge in [-0.25, -0.2) is 8.42 Å². The first-order valence-corrected chi connectivity index (χ1v) is 9.57. The van der Waals surface area contributed by atoms with Crippen LogP contribution in [0.25, 0.3) is 0 Å². The van der Waals surface area contributed by atoms with Crippen molar-refractivity contribution in [3.05, 3.63) is 29.8 Å². The van der Waals surface area contributed by atoms with Crippen LogP contribution < -0.4 is 0 Å². The molecule has 0 bridgehead atoms. The van der Waals surface area contributed by atoms with Gasteiger partial charge in [-0.05, 0) is 31.0 Å². The van der Waals surface area contributed by atoms with Crippen molar-refractivity contribution in [1.82, 2.24) is 4.31 Å².